The molecule has 11 heavy (non-hydrogen) atoms. The average molecular weight is 155 g/mol. The van der Waals surface area contributed by atoms with E-state index in [4.69, 9.17) is 11.2 Å². The van der Waals surface area contributed by atoms with Gasteiger partial charge in [0.15, 0.2) is 0 Å². The molecule has 0 saturated carbocycles. The summed E-state index contributed by atoms with van der Waals surface area (Å²) >= 11 is 0. The van der Waals surface area contributed by atoms with Crippen molar-refractivity contribution >= 4 is 0 Å². The minimum atomic E-state index is 0.0755. The SMILES string of the molecule is C#CC(COCCC)NCC. The summed E-state index contributed by atoms with van der Waals surface area (Å²) in [4.78, 5) is 0. The normalized spacial score (nSPS) is 12.5. The molecule has 2 nitrogen and oxygen atoms in total. The van der Waals surface area contributed by atoms with Crippen LogP contribution in [-0.2, 0) is 4.74 Å². The van der Waals surface area contributed by atoms with Crippen LogP contribution in [-0.4, -0.2) is 25.8 Å². The van der Waals surface area contributed by atoms with Crippen molar-refractivity contribution in [3.05, 3.63) is 0 Å². The van der Waals surface area contributed by atoms with Crippen molar-refractivity contribution in [2.45, 2.75) is 26.3 Å². The topological polar surface area (TPSA) is 21.3 Å². The Morgan fingerprint density at radius 2 is 2.27 bits per heavy atom. The van der Waals surface area contributed by atoms with Crippen LogP contribution in [0.15, 0.2) is 0 Å². The number of rotatable bonds is 6. The van der Waals surface area contributed by atoms with Gasteiger partial charge in [0.1, 0.15) is 0 Å². The van der Waals surface area contributed by atoms with Gasteiger partial charge in [-0.3, -0.25) is 0 Å². The first-order valence-electron chi connectivity index (χ1n) is 4.12. The summed E-state index contributed by atoms with van der Waals surface area (Å²) in [6.45, 7) is 6.42. The second kappa shape index (κ2) is 7.59. The predicted molar refractivity (Wildman–Crippen MR) is 47.4 cm³/mol. The van der Waals surface area contributed by atoms with E-state index >= 15 is 0 Å². The summed E-state index contributed by atoms with van der Waals surface area (Å²) in [5, 5.41) is 3.13. The Morgan fingerprint density at radius 3 is 2.73 bits per heavy atom. The molecule has 0 rings (SSSR count). The van der Waals surface area contributed by atoms with E-state index in [1.54, 1.807) is 0 Å². The third kappa shape index (κ3) is 5.90. The smallest absolute Gasteiger partial charge is 0.0923 e. The summed E-state index contributed by atoms with van der Waals surface area (Å²) in [7, 11) is 0. The fraction of sp³-hybridized carbons (Fsp3) is 0.778. The highest BCUT2D eigenvalue weighted by Crippen LogP contribution is 1.85. The molecule has 0 bridgehead atoms. The first kappa shape index (κ1) is 10.5. The predicted octanol–water partition coefficient (Wildman–Crippen LogP) is 1.02. The van der Waals surface area contributed by atoms with Gasteiger partial charge in [0.2, 0.25) is 0 Å². The van der Waals surface area contributed by atoms with Crippen LogP contribution in [0.3, 0.4) is 0 Å². The minimum Gasteiger partial charge on any atom is -0.379 e. The molecule has 0 aromatic carbocycles. The molecule has 0 saturated heterocycles. The highest BCUT2D eigenvalue weighted by molar-refractivity contribution is 4.98. The van der Waals surface area contributed by atoms with Gasteiger partial charge in [-0.25, -0.2) is 0 Å². The number of hydrogen-bond donors (Lipinski definition) is 1. The Morgan fingerprint density at radius 1 is 1.55 bits per heavy atom. The second-order valence-electron chi connectivity index (χ2n) is 2.35. The van der Waals surface area contributed by atoms with Crippen LogP contribution < -0.4 is 5.32 Å². The molecular weight excluding hydrogens is 138 g/mol. The maximum Gasteiger partial charge on any atom is 0.0923 e. The van der Waals surface area contributed by atoms with Crippen LogP contribution in [0.5, 0.6) is 0 Å². The van der Waals surface area contributed by atoms with E-state index in [9.17, 15) is 0 Å². The van der Waals surface area contributed by atoms with Crippen molar-refractivity contribution in [3.8, 4) is 12.3 Å². The molecule has 0 aromatic rings. The van der Waals surface area contributed by atoms with Crippen LogP contribution in [0.25, 0.3) is 0 Å². The largest absolute Gasteiger partial charge is 0.379 e. The average Bonchev–Trinajstić information content (AvgIpc) is 2.03. The van der Waals surface area contributed by atoms with Gasteiger partial charge < -0.3 is 10.1 Å². The zero-order valence-electron chi connectivity index (χ0n) is 7.39. The Labute approximate surface area is 69.3 Å². The van der Waals surface area contributed by atoms with Crippen molar-refractivity contribution in [2.24, 2.45) is 0 Å². The summed E-state index contributed by atoms with van der Waals surface area (Å²) in [5.74, 6) is 2.63. The lowest BCUT2D eigenvalue weighted by Gasteiger charge is -2.10. The zero-order valence-corrected chi connectivity index (χ0v) is 7.39. The van der Waals surface area contributed by atoms with Gasteiger partial charge in [0.25, 0.3) is 0 Å². The van der Waals surface area contributed by atoms with Crippen LogP contribution >= 0.6 is 0 Å². The number of likely N-dealkylation sites (N-methyl/N-ethyl adjacent to an activating group) is 1. The van der Waals surface area contributed by atoms with Gasteiger partial charge in [0, 0.05) is 6.61 Å². The Hall–Kier alpha value is -0.520. The maximum atomic E-state index is 5.28. The van der Waals surface area contributed by atoms with Crippen LogP contribution in [0.4, 0.5) is 0 Å². The molecule has 0 radical (unpaired) electrons. The Kier molecular flexibility index (Phi) is 7.23. The van der Waals surface area contributed by atoms with Gasteiger partial charge in [0.05, 0.1) is 12.6 Å². The molecule has 64 valence electrons. The molecule has 1 N–H and O–H groups in total. The molecule has 0 aliphatic heterocycles. The highest BCUT2D eigenvalue weighted by atomic mass is 16.5. The van der Waals surface area contributed by atoms with Crippen molar-refractivity contribution < 1.29 is 4.74 Å². The summed E-state index contributed by atoms with van der Waals surface area (Å²) in [6, 6.07) is 0.0755. The van der Waals surface area contributed by atoms with E-state index in [1.807, 2.05) is 6.92 Å². The van der Waals surface area contributed by atoms with Gasteiger partial charge >= 0.3 is 0 Å². The van der Waals surface area contributed by atoms with E-state index in [0.29, 0.717) is 6.61 Å². The Bertz CT molecular complexity index is 117. The zero-order chi connectivity index (χ0) is 8.53. The summed E-state index contributed by atoms with van der Waals surface area (Å²) in [6.07, 6.45) is 6.29. The molecular formula is C9H17NO. The van der Waals surface area contributed by atoms with E-state index in [0.717, 1.165) is 19.6 Å². The van der Waals surface area contributed by atoms with Crippen molar-refractivity contribution in [2.75, 3.05) is 19.8 Å². The fourth-order valence-corrected chi connectivity index (χ4v) is 0.758. The molecule has 0 fully saturated rings. The lowest BCUT2D eigenvalue weighted by Crippen LogP contribution is -2.31. The molecule has 0 aliphatic carbocycles. The van der Waals surface area contributed by atoms with Gasteiger partial charge in [-0.2, -0.15) is 0 Å². The lowest BCUT2D eigenvalue weighted by atomic mass is 10.3. The second-order valence-corrected chi connectivity index (χ2v) is 2.35. The van der Waals surface area contributed by atoms with E-state index < -0.39 is 0 Å². The van der Waals surface area contributed by atoms with Crippen molar-refractivity contribution in [3.63, 3.8) is 0 Å². The van der Waals surface area contributed by atoms with Gasteiger partial charge in [-0.05, 0) is 13.0 Å². The summed E-state index contributed by atoms with van der Waals surface area (Å²) in [5.41, 5.74) is 0. The Balaban J connectivity index is 3.30. The van der Waals surface area contributed by atoms with Crippen molar-refractivity contribution in [1.29, 1.82) is 0 Å². The van der Waals surface area contributed by atoms with Crippen LogP contribution in [0.2, 0.25) is 0 Å². The standard InChI is InChI=1S/C9H17NO/c1-4-7-11-8-9(5-2)10-6-3/h2,9-10H,4,6-8H2,1,3H3. The number of hydrogen-bond acceptors (Lipinski definition) is 2. The number of ether oxygens (including phenoxy) is 1. The third-order valence-electron chi connectivity index (χ3n) is 1.28. The minimum absolute atomic E-state index is 0.0755. The quantitative estimate of drug-likeness (QED) is 0.457. The first-order chi connectivity index (χ1) is 5.35. The van der Waals surface area contributed by atoms with E-state index in [-0.39, 0.29) is 6.04 Å². The third-order valence-corrected chi connectivity index (χ3v) is 1.28. The maximum absolute atomic E-state index is 5.28. The number of terminal acetylenes is 1. The van der Waals surface area contributed by atoms with E-state index in [1.165, 1.54) is 0 Å². The van der Waals surface area contributed by atoms with Crippen LogP contribution in [0.1, 0.15) is 20.3 Å². The van der Waals surface area contributed by atoms with Gasteiger partial charge in [-0.15, -0.1) is 6.42 Å². The molecule has 0 aromatic heterocycles. The number of nitrogens with one attached hydrogen (secondary N) is 1. The lowest BCUT2D eigenvalue weighted by molar-refractivity contribution is 0.124. The molecule has 1 unspecified atom stereocenters. The summed E-state index contributed by atoms with van der Waals surface area (Å²) < 4.78 is 5.28. The van der Waals surface area contributed by atoms with E-state index in [2.05, 4.69) is 18.2 Å². The van der Waals surface area contributed by atoms with Crippen molar-refractivity contribution in [1.82, 2.24) is 5.32 Å². The molecule has 1 atom stereocenters. The molecule has 0 amide bonds. The molecule has 0 spiro atoms. The molecule has 0 aliphatic rings. The fourth-order valence-electron chi connectivity index (χ4n) is 0.758. The van der Waals surface area contributed by atoms with Crippen LogP contribution in [0, 0.1) is 12.3 Å². The molecule has 2 heteroatoms. The first-order valence-corrected chi connectivity index (χ1v) is 4.12. The van der Waals surface area contributed by atoms with Gasteiger partial charge in [-0.1, -0.05) is 19.8 Å². The monoisotopic (exact) mass is 155 g/mol. The molecule has 0 heterocycles. The highest BCUT2D eigenvalue weighted by Gasteiger charge is 2.00.